The molecule has 5 heteroatoms. The van der Waals surface area contributed by atoms with Crippen molar-refractivity contribution in [2.24, 2.45) is 0 Å². The lowest BCUT2D eigenvalue weighted by atomic mass is 10.00. The number of rotatable bonds is 4. The van der Waals surface area contributed by atoms with Crippen molar-refractivity contribution in [3.63, 3.8) is 0 Å². The van der Waals surface area contributed by atoms with E-state index in [1.807, 2.05) is 19.1 Å². The molecule has 1 N–H and O–H groups in total. The summed E-state index contributed by atoms with van der Waals surface area (Å²) in [6.07, 6.45) is 2.81. The van der Waals surface area contributed by atoms with E-state index < -0.39 is 6.09 Å². The summed E-state index contributed by atoms with van der Waals surface area (Å²) in [4.78, 5) is 12.9. The number of nitrogens with zero attached hydrogens (tertiary/aromatic N) is 1. The lowest BCUT2D eigenvalue weighted by Gasteiger charge is -2.37. The number of aryl methyl sites for hydroxylation is 1. The van der Waals surface area contributed by atoms with Crippen LogP contribution in [0.15, 0.2) is 18.2 Å². The van der Waals surface area contributed by atoms with E-state index in [4.69, 9.17) is 9.47 Å². The minimum absolute atomic E-state index is 0.102. The molecule has 0 aliphatic carbocycles. The van der Waals surface area contributed by atoms with Crippen molar-refractivity contribution >= 4 is 6.09 Å². The van der Waals surface area contributed by atoms with E-state index in [1.54, 1.807) is 12.0 Å². The molecule has 3 rings (SSSR count). The first kappa shape index (κ1) is 15.2. The van der Waals surface area contributed by atoms with Gasteiger partial charge in [-0.1, -0.05) is 6.07 Å². The molecule has 2 saturated heterocycles. The number of hydrogen-bond donors (Lipinski definition) is 1. The molecule has 0 radical (unpaired) electrons. The van der Waals surface area contributed by atoms with Crippen LogP contribution in [0.25, 0.3) is 0 Å². The number of benzene rings is 1. The van der Waals surface area contributed by atoms with Crippen molar-refractivity contribution in [3.05, 3.63) is 29.3 Å². The molecule has 5 nitrogen and oxygen atoms in total. The van der Waals surface area contributed by atoms with E-state index in [9.17, 15) is 9.90 Å². The maximum atomic E-state index is 11.3. The maximum Gasteiger partial charge on any atom is 0.407 e. The molecule has 2 unspecified atom stereocenters. The van der Waals surface area contributed by atoms with E-state index >= 15 is 0 Å². The first-order valence-electron chi connectivity index (χ1n) is 7.84. The van der Waals surface area contributed by atoms with E-state index in [-0.39, 0.29) is 18.2 Å². The van der Waals surface area contributed by atoms with Crippen LogP contribution in [-0.4, -0.2) is 41.4 Å². The largest absolute Gasteiger partial charge is 0.490 e. The van der Waals surface area contributed by atoms with Gasteiger partial charge in [0.2, 0.25) is 0 Å². The maximum absolute atomic E-state index is 11.3. The predicted molar refractivity (Wildman–Crippen MR) is 82.2 cm³/mol. The third kappa shape index (κ3) is 3.04. The van der Waals surface area contributed by atoms with Crippen LogP contribution < -0.4 is 4.74 Å². The molecule has 0 spiro atoms. The summed E-state index contributed by atoms with van der Waals surface area (Å²) in [5.74, 6) is 0.861. The van der Waals surface area contributed by atoms with Gasteiger partial charge in [0.25, 0.3) is 0 Å². The molecule has 2 bridgehead atoms. The third-order valence-corrected chi connectivity index (χ3v) is 4.64. The Labute approximate surface area is 130 Å². The number of amides is 1. The van der Waals surface area contributed by atoms with Crippen LogP contribution in [0.4, 0.5) is 4.79 Å². The Morgan fingerprint density at radius 1 is 1.27 bits per heavy atom. The molecular weight excluding hydrogens is 282 g/mol. The highest BCUT2D eigenvalue weighted by atomic mass is 16.5. The number of hydrogen-bond acceptors (Lipinski definition) is 3. The number of carbonyl (C=O) groups is 1. The summed E-state index contributed by atoms with van der Waals surface area (Å²) in [6.45, 7) is 2.61. The molecule has 2 heterocycles. The van der Waals surface area contributed by atoms with Gasteiger partial charge in [-0.15, -0.1) is 0 Å². The summed E-state index contributed by atoms with van der Waals surface area (Å²) in [7, 11) is 1.68. The highest BCUT2D eigenvalue weighted by molar-refractivity contribution is 5.66. The van der Waals surface area contributed by atoms with E-state index in [1.165, 1.54) is 0 Å². The minimum atomic E-state index is -0.788. The Balaban J connectivity index is 1.69. The van der Waals surface area contributed by atoms with E-state index in [2.05, 4.69) is 6.07 Å². The predicted octanol–water partition coefficient (Wildman–Crippen LogP) is 3.19. The van der Waals surface area contributed by atoms with E-state index in [0.29, 0.717) is 6.61 Å². The van der Waals surface area contributed by atoms with Crippen molar-refractivity contribution in [1.29, 1.82) is 0 Å². The van der Waals surface area contributed by atoms with Crippen LogP contribution in [0.5, 0.6) is 5.75 Å². The van der Waals surface area contributed by atoms with Crippen molar-refractivity contribution in [2.45, 2.75) is 57.4 Å². The monoisotopic (exact) mass is 305 g/mol. The van der Waals surface area contributed by atoms with Gasteiger partial charge in [0.1, 0.15) is 11.9 Å². The van der Waals surface area contributed by atoms with Crippen LogP contribution in [0.2, 0.25) is 0 Å². The normalized spacial score (nSPS) is 27.0. The zero-order valence-corrected chi connectivity index (χ0v) is 13.1. The SMILES string of the molecule is COCc1cc(C)cc(OC2CC3CCC(C2)N3C(=O)O)c1. The fraction of sp³-hybridized carbons (Fsp3) is 0.588. The highest BCUT2D eigenvalue weighted by Gasteiger charge is 2.44. The molecule has 22 heavy (non-hydrogen) atoms. The Morgan fingerprint density at radius 3 is 2.55 bits per heavy atom. The average Bonchev–Trinajstić information content (AvgIpc) is 2.71. The standard InChI is InChI=1S/C17H23NO4/c1-11-5-12(10-21-2)7-15(6-11)22-16-8-13-3-4-14(9-16)18(13)17(19)20/h5-7,13-14,16H,3-4,8-10H2,1-2H3,(H,19,20). The van der Waals surface area contributed by atoms with Crippen LogP contribution in [0, 0.1) is 6.92 Å². The zero-order valence-electron chi connectivity index (χ0n) is 13.1. The molecule has 1 amide bonds. The van der Waals surface area contributed by atoms with Gasteiger partial charge in [0, 0.05) is 32.0 Å². The van der Waals surface area contributed by atoms with Gasteiger partial charge in [-0.05, 0) is 43.0 Å². The molecule has 0 aromatic heterocycles. The second-order valence-electron chi connectivity index (χ2n) is 6.37. The van der Waals surface area contributed by atoms with E-state index in [0.717, 1.165) is 42.6 Å². The fourth-order valence-corrected chi connectivity index (χ4v) is 3.87. The minimum Gasteiger partial charge on any atom is -0.490 e. The van der Waals surface area contributed by atoms with Gasteiger partial charge in [0.05, 0.1) is 6.61 Å². The van der Waals surface area contributed by atoms with Crippen LogP contribution in [-0.2, 0) is 11.3 Å². The fourth-order valence-electron chi connectivity index (χ4n) is 3.87. The number of piperidine rings is 1. The van der Waals surface area contributed by atoms with Gasteiger partial charge < -0.3 is 19.5 Å². The molecule has 120 valence electrons. The topological polar surface area (TPSA) is 59.0 Å². The van der Waals surface area contributed by atoms with Gasteiger partial charge >= 0.3 is 6.09 Å². The van der Waals surface area contributed by atoms with Gasteiger partial charge in [0.15, 0.2) is 0 Å². The summed E-state index contributed by atoms with van der Waals surface area (Å²) in [5, 5.41) is 9.30. The zero-order chi connectivity index (χ0) is 15.7. The Kier molecular flexibility index (Phi) is 4.25. The summed E-state index contributed by atoms with van der Waals surface area (Å²) < 4.78 is 11.3. The lowest BCUT2D eigenvalue weighted by Crippen LogP contribution is -2.48. The molecular formula is C17H23NO4. The Morgan fingerprint density at radius 2 is 1.95 bits per heavy atom. The third-order valence-electron chi connectivity index (χ3n) is 4.64. The molecule has 2 atom stereocenters. The van der Waals surface area contributed by atoms with Crippen molar-refractivity contribution in [2.75, 3.05) is 7.11 Å². The lowest BCUT2D eigenvalue weighted by molar-refractivity contribution is 0.0495. The molecule has 0 saturated carbocycles. The molecule has 2 aliphatic heterocycles. The van der Waals surface area contributed by atoms with Crippen LogP contribution in [0.1, 0.15) is 36.8 Å². The first-order valence-corrected chi connectivity index (χ1v) is 7.84. The van der Waals surface area contributed by atoms with Gasteiger partial charge in [-0.2, -0.15) is 0 Å². The molecule has 2 aliphatic rings. The molecule has 1 aromatic carbocycles. The Hall–Kier alpha value is -1.75. The Bertz CT molecular complexity index is 546. The molecule has 2 fully saturated rings. The van der Waals surface area contributed by atoms with Crippen molar-refractivity contribution < 1.29 is 19.4 Å². The average molecular weight is 305 g/mol. The second kappa shape index (κ2) is 6.16. The summed E-state index contributed by atoms with van der Waals surface area (Å²) >= 11 is 0. The number of ether oxygens (including phenoxy) is 2. The second-order valence-corrected chi connectivity index (χ2v) is 6.37. The number of methoxy groups -OCH3 is 1. The smallest absolute Gasteiger partial charge is 0.407 e. The van der Waals surface area contributed by atoms with Gasteiger partial charge in [-0.3, -0.25) is 0 Å². The quantitative estimate of drug-likeness (QED) is 0.928. The number of fused-ring (bicyclic) bond motifs is 2. The highest BCUT2D eigenvalue weighted by Crippen LogP contribution is 2.37. The van der Waals surface area contributed by atoms with Crippen LogP contribution in [0.3, 0.4) is 0 Å². The van der Waals surface area contributed by atoms with Crippen molar-refractivity contribution in [1.82, 2.24) is 4.90 Å². The summed E-state index contributed by atoms with van der Waals surface area (Å²) in [5.41, 5.74) is 2.25. The van der Waals surface area contributed by atoms with Gasteiger partial charge in [-0.25, -0.2) is 4.79 Å². The van der Waals surface area contributed by atoms with Crippen LogP contribution >= 0.6 is 0 Å². The number of carboxylic acid groups (broad SMARTS) is 1. The first-order chi connectivity index (χ1) is 10.6. The summed E-state index contributed by atoms with van der Waals surface area (Å²) in [6, 6.07) is 6.37. The van der Waals surface area contributed by atoms with Crippen molar-refractivity contribution in [3.8, 4) is 5.75 Å². The molecule has 1 aromatic rings.